The zero-order valence-electron chi connectivity index (χ0n) is 14.0. The van der Waals surface area contributed by atoms with Crippen LogP contribution in [0.5, 0.6) is 0 Å². The maximum Gasteiger partial charge on any atom is 0.243 e. The number of amides is 1. The van der Waals surface area contributed by atoms with Crippen LogP contribution in [0.2, 0.25) is 0 Å². The van der Waals surface area contributed by atoms with Crippen molar-refractivity contribution in [3.63, 3.8) is 0 Å². The molecule has 0 saturated carbocycles. The molecule has 0 spiro atoms. The molecule has 0 radical (unpaired) electrons. The van der Waals surface area contributed by atoms with Crippen LogP contribution in [0, 0.1) is 0 Å². The Morgan fingerprint density at radius 2 is 1.60 bits per heavy atom. The van der Waals surface area contributed by atoms with Gasteiger partial charge in [-0.05, 0) is 26.7 Å². The quantitative estimate of drug-likeness (QED) is 0.612. The third-order valence-corrected chi connectivity index (χ3v) is 4.69. The van der Waals surface area contributed by atoms with Crippen molar-refractivity contribution in [3.8, 4) is 0 Å². The summed E-state index contributed by atoms with van der Waals surface area (Å²) < 4.78 is 0. The van der Waals surface area contributed by atoms with E-state index in [1.807, 2.05) is 11.8 Å². The highest BCUT2D eigenvalue weighted by Gasteiger charge is 2.44. The van der Waals surface area contributed by atoms with Gasteiger partial charge in [0.05, 0.1) is 11.7 Å². The highest BCUT2D eigenvalue weighted by atomic mass is 16.2. The minimum Gasteiger partial charge on any atom is -0.326 e. The molecule has 1 amide bonds. The third kappa shape index (κ3) is 4.76. The van der Waals surface area contributed by atoms with Gasteiger partial charge in [0.25, 0.3) is 0 Å². The first-order chi connectivity index (χ1) is 9.55. The first-order valence-electron chi connectivity index (χ1n) is 8.64. The Hall–Kier alpha value is -0.570. The van der Waals surface area contributed by atoms with Crippen molar-refractivity contribution in [1.29, 1.82) is 0 Å². The van der Waals surface area contributed by atoms with Gasteiger partial charge in [0, 0.05) is 6.54 Å². The molecule has 0 aromatic heterocycles. The smallest absolute Gasteiger partial charge is 0.243 e. The number of hydrogen-bond donors (Lipinski definition) is 1. The molecule has 2 atom stereocenters. The van der Waals surface area contributed by atoms with Crippen LogP contribution < -0.4 is 5.32 Å². The number of nitrogens with zero attached hydrogens (tertiary/aromatic N) is 1. The second-order valence-corrected chi connectivity index (χ2v) is 6.48. The molecule has 1 aliphatic rings. The van der Waals surface area contributed by atoms with E-state index in [9.17, 15) is 4.79 Å². The van der Waals surface area contributed by atoms with Gasteiger partial charge in [-0.3, -0.25) is 10.1 Å². The van der Waals surface area contributed by atoms with E-state index in [1.165, 1.54) is 44.9 Å². The van der Waals surface area contributed by atoms with Crippen LogP contribution in [0.3, 0.4) is 0 Å². The van der Waals surface area contributed by atoms with E-state index >= 15 is 0 Å². The second kappa shape index (κ2) is 8.66. The van der Waals surface area contributed by atoms with Gasteiger partial charge in [-0.2, -0.15) is 0 Å². The van der Waals surface area contributed by atoms with Gasteiger partial charge < -0.3 is 4.90 Å². The van der Waals surface area contributed by atoms with Crippen LogP contribution in [0.15, 0.2) is 0 Å². The van der Waals surface area contributed by atoms with Gasteiger partial charge in [0.2, 0.25) is 5.91 Å². The predicted molar refractivity (Wildman–Crippen MR) is 85.6 cm³/mol. The molecule has 2 unspecified atom stereocenters. The molecule has 0 bridgehead atoms. The molecule has 3 nitrogen and oxygen atoms in total. The van der Waals surface area contributed by atoms with Crippen LogP contribution in [-0.4, -0.2) is 29.1 Å². The second-order valence-electron chi connectivity index (χ2n) is 6.48. The van der Waals surface area contributed by atoms with Crippen molar-refractivity contribution in [2.45, 2.75) is 97.2 Å². The molecule has 0 aromatic carbocycles. The Kier molecular flexibility index (Phi) is 7.57. The number of nitrogens with one attached hydrogen (secondary N) is 1. The van der Waals surface area contributed by atoms with Crippen molar-refractivity contribution >= 4 is 5.91 Å². The lowest BCUT2D eigenvalue weighted by molar-refractivity contribution is -0.132. The van der Waals surface area contributed by atoms with Crippen molar-refractivity contribution < 1.29 is 4.79 Å². The van der Waals surface area contributed by atoms with Crippen molar-refractivity contribution in [2.24, 2.45) is 0 Å². The fraction of sp³-hybridized carbons (Fsp3) is 0.941. The minimum atomic E-state index is -0.334. The highest BCUT2D eigenvalue weighted by molar-refractivity contribution is 5.88. The SMILES string of the molecule is CCCCCCCCCCN1C(=O)C(C)(CC)NC1C. The molecule has 1 fully saturated rings. The Bertz CT molecular complexity index is 293. The highest BCUT2D eigenvalue weighted by Crippen LogP contribution is 2.23. The number of carbonyl (C=O) groups excluding carboxylic acids is 1. The maximum absolute atomic E-state index is 12.4. The first kappa shape index (κ1) is 17.5. The molecule has 1 saturated heterocycles. The molecule has 20 heavy (non-hydrogen) atoms. The average molecular weight is 282 g/mol. The molecule has 118 valence electrons. The Morgan fingerprint density at radius 1 is 1.05 bits per heavy atom. The summed E-state index contributed by atoms with van der Waals surface area (Å²) in [5.41, 5.74) is -0.334. The monoisotopic (exact) mass is 282 g/mol. The van der Waals surface area contributed by atoms with Gasteiger partial charge >= 0.3 is 0 Å². The summed E-state index contributed by atoms with van der Waals surface area (Å²) >= 11 is 0. The summed E-state index contributed by atoms with van der Waals surface area (Å²) in [6.45, 7) is 9.38. The number of hydrogen-bond acceptors (Lipinski definition) is 2. The van der Waals surface area contributed by atoms with E-state index in [4.69, 9.17) is 0 Å². The van der Waals surface area contributed by atoms with Crippen LogP contribution in [0.4, 0.5) is 0 Å². The van der Waals surface area contributed by atoms with Crippen LogP contribution in [-0.2, 0) is 4.79 Å². The zero-order chi connectivity index (χ0) is 15.0. The van der Waals surface area contributed by atoms with Gasteiger partial charge in [-0.25, -0.2) is 0 Å². The molecular formula is C17H34N2O. The van der Waals surface area contributed by atoms with E-state index in [0.29, 0.717) is 0 Å². The molecule has 1 rings (SSSR count). The molecule has 0 aliphatic carbocycles. The molecule has 1 aliphatic heterocycles. The van der Waals surface area contributed by atoms with Crippen molar-refractivity contribution in [3.05, 3.63) is 0 Å². The lowest BCUT2D eigenvalue weighted by atomic mass is 9.99. The van der Waals surface area contributed by atoms with E-state index < -0.39 is 0 Å². The summed E-state index contributed by atoms with van der Waals surface area (Å²) in [5.74, 6) is 0.287. The van der Waals surface area contributed by atoms with Gasteiger partial charge in [-0.15, -0.1) is 0 Å². The fourth-order valence-corrected chi connectivity index (χ4v) is 3.06. The van der Waals surface area contributed by atoms with E-state index in [2.05, 4.69) is 26.1 Å². The lowest BCUT2D eigenvalue weighted by Crippen LogP contribution is -2.43. The van der Waals surface area contributed by atoms with Gasteiger partial charge in [0.1, 0.15) is 0 Å². The zero-order valence-corrected chi connectivity index (χ0v) is 14.0. The predicted octanol–water partition coefficient (Wildman–Crippen LogP) is 4.07. The van der Waals surface area contributed by atoms with Gasteiger partial charge in [-0.1, -0.05) is 58.8 Å². The molecule has 1 heterocycles. The topological polar surface area (TPSA) is 32.3 Å². The molecular weight excluding hydrogens is 248 g/mol. The van der Waals surface area contributed by atoms with E-state index in [0.717, 1.165) is 19.4 Å². The number of carbonyl (C=O) groups is 1. The van der Waals surface area contributed by atoms with Crippen LogP contribution in [0.25, 0.3) is 0 Å². The van der Waals surface area contributed by atoms with Crippen LogP contribution in [0.1, 0.15) is 85.5 Å². The standard InChI is InChI=1S/C17H34N2O/c1-5-7-8-9-10-11-12-13-14-19-15(3)18-17(4,6-2)16(19)20/h15,18H,5-14H2,1-4H3. The molecule has 1 N–H and O–H groups in total. The van der Waals surface area contributed by atoms with Crippen LogP contribution >= 0.6 is 0 Å². The summed E-state index contributed by atoms with van der Waals surface area (Å²) in [4.78, 5) is 14.4. The number of unbranched alkanes of at least 4 members (excludes halogenated alkanes) is 7. The van der Waals surface area contributed by atoms with E-state index in [-0.39, 0.29) is 17.6 Å². The summed E-state index contributed by atoms with van der Waals surface area (Å²) in [7, 11) is 0. The van der Waals surface area contributed by atoms with E-state index in [1.54, 1.807) is 0 Å². The number of rotatable bonds is 10. The van der Waals surface area contributed by atoms with Crippen molar-refractivity contribution in [2.75, 3.05) is 6.54 Å². The summed E-state index contributed by atoms with van der Waals surface area (Å²) in [6.07, 6.45) is 11.6. The molecule has 0 aromatic rings. The summed E-state index contributed by atoms with van der Waals surface area (Å²) in [5, 5.41) is 3.43. The largest absolute Gasteiger partial charge is 0.326 e. The Balaban J connectivity index is 2.14. The summed E-state index contributed by atoms with van der Waals surface area (Å²) in [6, 6.07) is 0. The fourth-order valence-electron chi connectivity index (χ4n) is 3.06. The lowest BCUT2D eigenvalue weighted by Gasteiger charge is -2.21. The third-order valence-electron chi connectivity index (χ3n) is 4.69. The Morgan fingerprint density at radius 3 is 2.10 bits per heavy atom. The minimum absolute atomic E-state index is 0.192. The van der Waals surface area contributed by atoms with Gasteiger partial charge in [0.15, 0.2) is 0 Å². The Labute approximate surface area is 125 Å². The maximum atomic E-state index is 12.4. The average Bonchev–Trinajstić information content (AvgIpc) is 2.65. The molecule has 3 heteroatoms. The van der Waals surface area contributed by atoms with Crippen molar-refractivity contribution in [1.82, 2.24) is 10.2 Å². The normalized spacial score (nSPS) is 26.5. The first-order valence-corrected chi connectivity index (χ1v) is 8.64.